The first-order chi connectivity index (χ1) is 6.70. The number of nitro groups is 1. The van der Waals surface area contributed by atoms with Gasteiger partial charge in [-0.15, -0.1) is 9.83 Å². The van der Waals surface area contributed by atoms with Crippen LogP contribution < -0.4 is 0 Å². The fraction of sp³-hybridized carbons (Fsp3) is 0.200. The quantitative estimate of drug-likeness (QED) is 0.232. The van der Waals surface area contributed by atoms with Crippen LogP contribution in [0.5, 0.6) is 0 Å². The number of azide groups is 1. The number of hydrogen-bond donors (Lipinski definition) is 0. The molecule has 0 N–H and O–H groups in total. The van der Waals surface area contributed by atoms with Gasteiger partial charge in [-0.25, -0.2) is 4.98 Å². The van der Waals surface area contributed by atoms with Crippen LogP contribution in [-0.4, -0.2) is 14.5 Å². The molecule has 14 heavy (non-hydrogen) atoms. The Bertz CT molecular complexity index is 449. The molecule has 0 saturated heterocycles. The second-order valence-electron chi connectivity index (χ2n) is 2.11. The van der Waals surface area contributed by atoms with E-state index in [0.29, 0.717) is 4.57 Å². The Balaban J connectivity index is 3.15. The van der Waals surface area contributed by atoms with Gasteiger partial charge >= 0.3 is 5.82 Å². The highest BCUT2D eigenvalue weighted by molar-refractivity contribution is 5.24. The fourth-order valence-electron chi connectivity index (χ4n) is 0.824. The summed E-state index contributed by atoms with van der Waals surface area (Å²) in [6.07, 6.45) is 2.50. The number of nitrogens with zero attached hydrogens (tertiary/aromatic N) is 7. The van der Waals surface area contributed by atoms with E-state index in [9.17, 15) is 10.1 Å². The SMILES string of the molecule is N#Cn1c([N+](=O)[O-])cnc1CN=[N+]=[N-]. The van der Waals surface area contributed by atoms with Crippen LogP contribution in [0.25, 0.3) is 10.4 Å². The van der Waals surface area contributed by atoms with Gasteiger partial charge < -0.3 is 10.1 Å². The summed E-state index contributed by atoms with van der Waals surface area (Å²) >= 11 is 0. The molecule has 1 rings (SSSR count). The lowest BCUT2D eigenvalue weighted by molar-refractivity contribution is -0.391. The normalized spacial score (nSPS) is 8.79. The van der Waals surface area contributed by atoms with Crippen molar-refractivity contribution in [3.05, 3.63) is 32.6 Å². The van der Waals surface area contributed by atoms with Gasteiger partial charge in [0.2, 0.25) is 5.82 Å². The van der Waals surface area contributed by atoms with Crippen LogP contribution in [0.1, 0.15) is 5.82 Å². The third kappa shape index (κ3) is 1.60. The molecular formula is C5H3N7O2. The lowest BCUT2D eigenvalue weighted by Crippen LogP contribution is -2.00. The molecule has 0 saturated carbocycles. The molecule has 1 heterocycles. The third-order valence-corrected chi connectivity index (χ3v) is 1.38. The summed E-state index contributed by atoms with van der Waals surface area (Å²) in [6.45, 7) is -0.197. The summed E-state index contributed by atoms with van der Waals surface area (Å²) in [5, 5.41) is 22.1. The molecule has 0 amide bonds. The van der Waals surface area contributed by atoms with E-state index in [1.54, 1.807) is 6.19 Å². The minimum atomic E-state index is -0.740. The molecule has 0 fully saturated rings. The van der Waals surface area contributed by atoms with Crippen molar-refractivity contribution in [3.63, 3.8) is 0 Å². The van der Waals surface area contributed by atoms with Crippen LogP contribution >= 0.6 is 0 Å². The second kappa shape index (κ2) is 3.88. The molecule has 9 nitrogen and oxygen atoms in total. The van der Waals surface area contributed by atoms with Gasteiger partial charge in [0, 0.05) is 4.91 Å². The van der Waals surface area contributed by atoms with Gasteiger partial charge in [0.25, 0.3) is 6.19 Å². The third-order valence-electron chi connectivity index (χ3n) is 1.38. The molecule has 0 atom stereocenters. The smallest absolute Gasteiger partial charge is 0.357 e. The monoisotopic (exact) mass is 193 g/mol. The van der Waals surface area contributed by atoms with E-state index in [0.717, 1.165) is 6.20 Å². The van der Waals surface area contributed by atoms with E-state index >= 15 is 0 Å². The molecule has 0 bridgehead atoms. The fourth-order valence-corrected chi connectivity index (χ4v) is 0.824. The maximum absolute atomic E-state index is 10.4. The van der Waals surface area contributed by atoms with Crippen LogP contribution in [0.4, 0.5) is 5.82 Å². The Morgan fingerprint density at radius 2 is 2.64 bits per heavy atom. The molecule has 9 heteroatoms. The van der Waals surface area contributed by atoms with Gasteiger partial charge in [-0.05, 0) is 10.5 Å². The summed E-state index contributed by atoms with van der Waals surface area (Å²) < 4.78 is 0.703. The Hall–Kier alpha value is -2.59. The van der Waals surface area contributed by atoms with E-state index in [1.165, 1.54) is 0 Å². The summed E-state index contributed by atoms with van der Waals surface area (Å²) in [5.41, 5.74) is 8.01. The highest BCUT2D eigenvalue weighted by Gasteiger charge is 2.19. The first kappa shape index (κ1) is 9.50. The zero-order chi connectivity index (χ0) is 10.6. The minimum Gasteiger partial charge on any atom is -0.358 e. The van der Waals surface area contributed by atoms with Crippen molar-refractivity contribution in [2.45, 2.75) is 6.54 Å². The van der Waals surface area contributed by atoms with Gasteiger partial charge in [0.15, 0.2) is 0 Å². The van der Waals surface area contributed by atoms with Crippen LogP contribution in [0, 0.1) is 21.6 Å². The summed E-state index contributed by atoms with van der Waals surface area (Å²) in [7, 11) is 0. The maximum atomic E-state index is 10.4. The van der Waals surface area contributed by atoms with Crippen molar-refractivity contribution in [1.82, 2.24) is 9.55 Å². The first-order valence-electron chi connectivity index (χ1n) is 3.32. The standard InChI is InChI=1S/C5H3N7O2/c6-3-11-4(1-9-10-7)8-2-5(11)12(13)14/h2H,1H2. The second-order valence-corrected chi connectivity index (χ2v) is 2.11. The zero-order valence-electron chi connectivity index (χ0n) is 6.73. The largest absolute Gasteiger partial charge is 0.358 e. The number of rotatable bonds is 3. The maximum Gasteiger partial charge on any atom is 0.357 e. The Labute approximate surface area is 77.0 Å². The Morgan fingerprint density at radius 3 is 3.14 bits per heavy atom. The van der Waals surface area contributed by atoms with Crippen molar-refractivity contribution in [2.24, 2.45) is 5.11 Å². The lowest BCUT2D eigenvalue weighted by Gasteiger charge is -1.91. The summed E-state index contributed by atoms with van der Waals surface area (Å²) in [6, 6.07) is 0. The molecule has 0 aliphatic rings. The van der Waals surface area contributed by atoms with Crippen molar-refractivity contribution >= 4 is 5.82 Å². The van der Waals surface area contributed by atoms with E-state index in [1.807, 2.05) is 0 Å². The molecule has 0 unspecified atom stereocenters. The summed E-state index contributed by atoms with van der Waals surface area (Å²) in [4.78, 5) is 15.7. The van der Waals surface area contributed by atoms with Crippen LogP contribution in [0.2, 0.25) is 0 Å². The number of nitriles is 1. The van der Waals surface area contributed by atoms with Gasteiger partial charge in [0.05, 0.1) is 0 Å². The van der Waals surface area contributed by atoms with E-state index < -0.39 is 10.7 Å². The molecule has 0 spiro atoms. The molecule has 0 aliphatic heterocycles. The molecular weight excluding hydrogens is 190 g/mol. The Kier molecular flexibility index (Phi) is 2.63. The van der Waals surface area contributed by atoms with Gasteiger partial charge in [-0.1, -0.05) is 5.11 Å². The van der Waals surface area contributed by atoms with Crippen LogP contribution in [0.15, 0.2) is 11.3 Å². The van der Waals surface area contributed by atoms with Crippen LogP contribution in [0.3, 0.4) is 0 Å². The van der Waals surface area contributed by atoms with E-state index in [4.69, 9.17) is 10.8 Å². The highest BCUT2D eigenvalue weighted by atomic mass is 16.6. The van der Waals surface area contributed by atoms with E-state index in [2.05, 4.69) is 15.0 Å². The summed E-state index contributed by atoms with van der Waals surface area (Å²) in [5.74, 6) is -0.410. The first-order valence-corrected chi connectivity index (χ1v) is 3.32. The van der Waals surface area contributed by atoms with Crippen LogP contribution in [-0.2, 0) is 6.54 Å². The molecule has 1 aromatic heterocycles. The molecule has 1 aromatic rings. The predicted octanol–water partition coefficient (Wildman–Crippen LogP) is 0.931. The average Bonchev–Trinajstić information content (AvgIpc) is 2.57. The topological polar surface area (TPSA) is 134 Å². The number of imidazole rings is 1. The van der Waals surface area contributed by atoms with Crippen molar-refractivity contribution < 1.29 is 4.92 Å². The Morgan fingerprint density at radius 1 is 1.93 bits per heavy atom. The molecule has 70 valence electrons. The van der Waals surface area contributed by atoms with Crippen molar-refractivity contribution in [3.8, 4) is 6.19 Å². The minimum absolute atomic E-state index is 0.0389. The number of aromatic nitrogens is 2. The zero-order valence-corrected chi connectivity index (χ0v) is 6.73. The van der Waals surface area contributed by atoms with Crippen molar-refractivity contribution in [2.75, 3.05) is 0 Å². The van der Waals surface area contributed by atoms with Gasteiger partial charge in [-0.3, -0.25) is 0 Å². The van der Waals surface area contributed by atoms with E-state index in [-0.39, 0.29) is 12.4 Å². The average molecular weight is 193 g/mol. The predicted molar refractivity (Wildman–Crippen MR) is 42.7 cm³/mol. The number of hydrogen-bond acceptors (Lipinski definition) is 5. The molecule has 0 aliphatic carbocycles. The molecule has 0 aromatic carbocycles. The van der Waals surface area contributed by atoms with Gasteiger partial charge in [-0.2, -0.15) is 0 Å². The lowest BCUT2D eigenvalue weighted by atomic mass is 10.6. The van der Waals surface area contributed by atoms with Gasteiger partial charge in [0.1, 0.15) is 12.7 Å². The highest BCUT2D eigenvalue weighted by Crippen LogP contribution is 2.12. The van der Waals surface area contributed by atoms with Crippen molar-refractivity contribution in [1.29, 1.82) is 5.26 Å². The molecule has 0 radical (unpaired) electrons.